The van der Waals surface area contributed by atoms with Crippen LogP contribution in [0.3, 0.4) is 0 Å². The van der Waals surface area contributed by atoms with E-state index >= 15 is 0 Å². The summed E-state index contributed by atoms with van der Waals surface area (Å²) in [6, 6.07) is 13.9. The van der Waals surface area contributed by atoms with Crippen molar-refractivity contribution in [1.82, 2.24) is 10.0 Å². The third kappa shape index (κ3) is 4.86. The van der Waals surface area contributed by atoms with Crippen LogP contribution in [0.15, 0.2) is 53.4 Å². The van der Waals surface area contributed by atoms with Crippen LogP contribution >= 0.6 is 11.6 Å². The number of hydrogen-bond donors (Lipinski definition) is 2. The first-order chi connectivity index (χ1) is 14.4. The second-order valence-corrected chi connectivity index (χ2v) is 10.2. The second kappa shape index (κ2) is 8.67. The van der Waals surface area contributed by atoms with Crippen molar-refractivity contribution in [3.05, 3.63) is 64.7 Å². The molecule has 2 N–H and O–H groups in total. The highest BCUT2D eigenvalue weighted by atomic mass is 35.5. The quantitative estimate of drug-likeness (QED) is 0.680. The van der Waals surface area contributed by atoms with Crippen LogP contribution in [0.1, 0.15) is 41.6 Å². The molecule has 2 aromatic carbocycles. The van der Waals surface area contributed by atoms with Gasteiger partial charge in [0.1, 0.15) is 0 Å². The van der Waals surface area contributed by atoms with Gasteiger partial charge in [-0.2, -0.15) is 0 Å². The van der Waals surface area contributed by atoms with Crippen LogP contribution in [0.2, 0.25) is 5.02 Å². The summed E-state index contributed by atoms with van der Waals surface area (Å²) >= 11 is 6.20. The van der Waals surface area contributed by atoms with E-state index in [2.05, 4.69) is 10.0 Å². The van der Waals surface area contributed by atoms with Gasteiger partial charge in [0, 0.05) is 41.8 Å². The Kier molecular flexibility index (Phi) is 6.16. The maximum absolute atomic E-state index is 12.9. The molecule has 0 bridgehead atoms. The fraction of sp³-hybridized carbons (Fsp3) is 0.409. The molecule has 1 heterocycles. The van der Waals surface area contributed by atoms with Crippen molar-refractivity contribution in [3.8, 4) is 0 Å². The van der Waals surface area contributed by atoms with E-state index in [0.29, 0.717) is 30.3 Å². The predicted molar refractivity (Wildman–Crippen MR) is 115 cm³/mol. The smallest absolute Gasteiger partial charge is 0.251 e. The third-order valence-electron chi connectivity index (χ3n) is 5.78. The monoisotopic (exact) mass is 448 g/mol. The molecule has 2 aromatic rings. The summed E-state index contributed by atoms with van der Waals surface area (Å²) in [6.07, 6.45) is 3.25. The lowest BCUT2D eigenvalue weighted by atomic mass is 9.74. The molecule has 4 rings (SSSR count). The molecule has 1 aliphatic heterocycles. The average molecular weight is 449 g/mol. The Morgan fingerprint density at radius 1 is 1.10 bits per heavy atom. The molecule has 6 nitrogen and oxygen atoms in total. The number of benzene rings is 2. The number of rotatable bonds is 7. The lowest BCUT2D eigenvalue weighted by Crippen LogP contribution is -2.44. The van der Waals surface area contributed by atoms with Crippen molar-refractivity contribution in [2.75, 3.05) is 19.8 Å². The molecule has 0 radical (unpaired) electrons. The molecule has 2 aliphatic rings. The molecule has 1 amide bonds. The van der Waals surface area contributed by atoms with Gasteiger partial charge in [-0.05, 0) is 61.6 Å². The van der Waals surface area contributed by atoms with Crippen molar-refractivity contribution < 1.29 is 17.9 Å². The Balaban J connectivity index is 1.51. The fourth-order valence-electron chi connectivity index (χ4n) is 3.79. The summed E-state index contributed by atoms with van der Waals surface area (Å²) < 4.78 is 33.1. The summed E-state index contributed by atoms with van der Waals surface area (Å²) in [5.41, 5.74) is 1.13. The largest absolute Gasteiger partial charge is 0.381 e. The maximum Gasteiger partial charge on any atom is 0.251 e. The molecule has 0 aromatic heterocycles. The number of hydrogen-bond acceptors (Lipinski definition) is 4. The zero-order valence-electron chi connectivity index (χ0n) is 16.6. The van der Waals surface area contributed by atoms with Crippen molar-refractivity contribution in [2.45, 2.75) is 42.0 Å². The topological polar surface area (TPSA) is 84.5 Å². The van der Waals surface area contributed by atoms with E-state index in [1.807, 2.05) is 24.3 Å². The Morgan fingerprint density at radius 3 is 2.53 bits per heavy atom. The summed E-state index contributed by atoms with van der Waals surface area (Å²) in [7, 11) is -3.61. The summed E-state index contributed by atoms with van der Waals surface area (Å²) in [6.45, 7) is 1.65. The number of halogens is 1. The number of carbonyl (C=O) groups excluding carboxylic acids is 1. The van der Waals surface area contributed by atoms with Gasteiger partial charge < -0.3 is 10.1 Å². The summed E-state index contributed by atoms with van der Waals surface area (Å²) in [4.78, 5) is 13.0. The van der Waals surface area contributed by atoms with E-state index in [-0.39, 0.29) is 22.3 Å². The predicted octanol–water partition coefficient (Wildman–Crippen LogP) is 3.26. The minimum atomic E-state index is -3.61. The first-order valence-corrected chi connectivity index (χ1v) is 12.0. The molecular formula is C22H25ClN2O4S. The van der Waals surface area contributed by atoms with Gasteiger partial charge in [0.15, 0.2) is 0 Å². The first-order valence-electron chi connectivity index (χ1n) is 10.1. The molecule has 0 atom stereocenters. The Hall–Kier alpha value is -1.93. The molecule has 1 saturated carbocycles. The first kappa shape index (κ1) is 21.3. The minimum Gasteiger partial charge on any atom is -0.381 e. The van der Waals surface area contributed by atoms with Gasteiger partial charge in [-0.3, -0.25) is 4.79 Å². The number of carbonyl (C=O) groups is 1. The lowest BCUT2D eigenvalue weighted by molar-refractivity contribution is 0.0487. The maximum atomic E-state index is 12.9. The molecule has 8 heteroatoms. The van der Waals surface area contributed by atoms with Crippen LogP contribution in [0, 0.1) is 0 Å². The Morgan fingerprint density at radius 2 is 1.83 bits per heavy atom. The van der Waals surface area contributed by atoms with Crippen LogP contribution in [-0.4, -0.2) is 40.1 Å². The Bertz CT molecular complexity index is 1030. The molecule has 0 unspecified atom stereocenters. The standard InChI is InChI=1S/C22H25ClN2O4S/c23-18-5-2-4-17(14-18)22(9-11-29-12-10-22)15-24-21(26)16-3-1-6-20(13-16)30(27,28)25-19-7-8-19/h1-6,13-14,19,25H,7-12,15H2,(H,24,26). The molecule has 160 valence electrons. The summed E-state index contributed by atoms with van der Waals surface area (Å²) in [5, 5.41) is 3.66. The van der Waals surface area contributed by atoms with Gasteiger partial charge in [-0.25, -0.2) is 13.1 Å². The average Bonchev–Trinajstić information content (AvgIpc) is 3.56. The number of sulfonamides is 1. The van der Waals surface area contributed by atoms with Gasteiger partial charge in [-0.1, -0.05) is 29.8 Å². The summed E-state index contributed by atoms with van der Waals surface area (Å²) in [5.74, 6) is -0.300. The number of amides is 1. The van der Waals surface area contributed by atoms with E-state index in [4.69, 9.17) is 16.3 Å². The molecule has 1 aliphatic carbocycles. The van der Waals surface area contributed by atoms with Crippen LogP contribution < -0.4 is 10.0 Å². The van der Waals surface area contributed by atoms with E-state index in [0.717, 1.165) is 31.2 Å². The number of nitrogens with one attached hydrogen (secondary N) is 2. The zero-order valence-corrected chi connectivity index (χ0v) is 18.1. The van der Waals surface area contributed by atoms with Crippen molar-refractivity contribution >= 4 is 27.5 Å². The highest BCUT2D eigenvalue weighted by molar-refractivity contribution is 7.89. The van der Waals surface area contributed by atoms with Crippen molar-refractivity contribution in [3.63, 3.8) is 0 Å². The molecule has 0 spiro atoms. The van der Waals surface area contributed by atoms with E-state index in [1.54, 1.807) is 12.1 Å². The van der Waals surface area contributed by atoms with E-state index in [1.165, 1.54) is 12.1 Å². The van der Waals surface area contributed by atoms with Gasteiger partial charge in [0.05, 0.1) is 4.90 Å². The number of ether oxygens (including phenoxy) is 1. The fourth-order valence-corrected chi connectivity index (χ4v) is 5.33. The van der Waals surface area contributed by atoms with Crippen molar-refractivity contribution in [1.29, 1.82) is 0 Å². The van der Waals surface area contributed by atoms with Gasteiger partial charge in [0.25, 0.3) is 5.91 Å². The lowest BCUT2D eigenvalue weighted by Gasteiger charge is -2.38. The van der Waals surface area contributed by atoms with Crippen LogP contribution in [0.5, 0.6) is 0 Å². The van der Waals surface area contributed by atoms with E-state index in [9.17, 15) is 13.2 Å². The third-order valence-corrected chi connectivity index (χ3v) is 7.53. The molecule has 30 heavy (non-hydrogen) atoms. The minimum absolute atomic E-state index is 0.0126. The van der Waals surface area contributed by atoms with Gasteiger partial charge in [0.2, 0.25) is 10.0 Å². The molecule has 1 saturated heterocycles. The SMILES string of the molecule is O=C(NCC1(c2cccc(Cl)c2)CCOCC1)c1cccc(S(=O)(=O)NC2CC2)c1. The molecule has 2 fully saturated rings. The normalized spacial score (nSPS) is 18.7. The molecular weight excluding hydrogens is 424 g/mol. The highest BCUT2D eigenvalue weighted by Gasteiger charge is 2.35. The van der Waals surface area contributed by atoms with Gasteiger partial charge in [-0.15, -0.1) is 0 Å². The second-order valence-electron chi connectivity index (χ2n) is 8.01. The van der Waals surface area contributed by atoms with Crippen LogP contribution in [-0.2, 0) is 20.2 Å². The van der Waals surface area contributed by atoms with Crippen molar-refractivity contribution in [2.24, 2.45) is 0 Å². The van der Waals surface area contributed by atoms with Crippen LogP contribution in [0.25, 0.3) is 0 Å². The highest BCUT2D eigenvalue weighted by Crippen LogP contribution is 2.35. The Labute approximate surface area is 182 Å². The zero-order chi connectivity index (χ0) is 21.2. The van der Waals surface area contributed by atoms with Gasteiger partial charge >= 0.3 is 0 Å². The van der Waals surface area contributed by atoms with E-state index < -0.39 is 10.0 Å². The van der Waals surface area contributed by atoms with Crippen LogP contribution in [0.4, 0.5) is 0 Å².